The van der Waals surface area contributed by atoms with Gasteiger partial charge in [-0.05, 0) is 91.8 Å². The van der Waals surface area contributed by atoms with Gasteiger partial charge in [0, 0.05) is 38.6 Å². The Labute approximate surface area is 286 Å². The van der Waals surface area contributed by atoms with Crippen molar-refractivity contribution >= 4 is 50.0 Å². The molecule has 0 radical (unpaired) electrons. The van der Waals surface area contributed by atoms with E-state index in [1.165, 1.54) is 60.9 Å². The largest absolute Gasteiger partial charge is 0.333 e. The Balaban J connectivity index is 1.66. The van der Waals surface area contributed by atoms with E-state index in [-0.39, 0.29) is 6.04 Å². The molecule has 0 saturated carbocycles. The van der Waals surface area contributed by atoms with Crippen molar-refractivity contribution in [1.29, 1.82) is 0 Å². The molecule has 0 spiro atoms. The number of allylic oxidation sites excluding steroid dienone is 2. The van der Waals surface area contributed by atoms with Crippen molar-refractivity contribution in [2.24, 2.45) is 0 Å². The van der Waals surface area contributed by atoms with Crippen molar-refractivity contribution in [1.82, 2.24) is 0 Å². The van der Waals surface area contributed by atoms with Gasteiger partial charge in [0.2, 0.25) is 0 Å². The van der Waals surface area contributed by atoms with Crippen LogP contribution in [0.5, 0.6) is 0 Å². The molecule has 1 atom stereocenters. The number of fused-ring (bicyclic) bond motifs is 2. The summed E-state index contributed by atoms with van der Waals surface area (Å²) in [5.74, 6) is 0.797. The SMILES string of the molecule is CC1=CCC(N(c2ccccc2)c2c3ccc(C(C)C)cc3c(N(c3ccccc3)c3ccc(C)cc3)c3ccc(C(C)C)cc23)C=C1. The number of benzene rings is 6. The molecule has 0 saturated heterocycles. The van der Waals surface area contributed by atoms with Crippen molar-refractivity contribution < 1.29 is 0 Å². The van der Waals surface area contributed by atoms with Crippen molar-refractivity contribution in [3.8, 4) is 0 Å². The van der Waals surface area contributed by atoms with Gasteiger partial charge in [-0.2, -0.15) is 0 Å². The van der Waals surface area contributed by atoms with Gasteiger partial charge in [-0.25, -0.2) is 0 Å². The highest BCUT2D eigenvalue weighted by Gasteiger charge is 2.28. The second-order valence-corrected chi connectivity index (χ2v) is 13.9. The van der Waals surface area contributed by atoms with Crippen LogP contribution in [0.25, 0.3) is 21.5 Å². The second kappa shape index (κ2) is 13.2. The van der Waals surface area contributed by atoms with Crippen LogP contribution >= 0.6 is 0 Å². The van der Waals surface area contributed by atoms with Gasteiger partial charge < -0.3 is 9.80 Å². The van der Waals surface area contributed by atoms with Crippen molar-refractivity contribution in [3.05, 3.63) is 162 Å². The number of hydrogen-bond donors (Lipinski definition) is 0. The molecule has 6 aromatic carbocycles. The van der Waals surface area contributed by atoms with E-state index in [1.807, 2.05) is 0 Å². The molecule has 48 heavy (non-hydrogen) atoms. The molecule has 1 aliphatic rings. The first-order chi connectivity index (χ1) is 23.3. The molecular weight excluding hydrogens is 581 g/mol. The first-order valence-electron chi connectivity index (χ1n) is 17.4. The highest BCUT2D eigenvalue weighted by atomic mass is 15.2. The van der Waals surface area contributed by atoms with E-state index in [2.05, 4.69) is 191 Å². The maximum absolute atomic E-state index is 2.60. The summed E-state index contributed by atoms with van der Waals surface area (Å²) in [6, 6.07) is 45.4. The fourth-order valence-corrected chi connectivity index (χ4v) is 7.10. The minimum atomic E-state index is 0.183. The summed E-state index contributed by atoms with van der Waals surface area (Å²) < 4.78 is 0. The van der Waals surface area contributed by atoms with E-state index in [1.54, 1.807) is 0 Å². The van der Waals surface area contributed by atoms with E-state index in [4.69, 9.17) is 0 Å². The number of para-hydroxylation sites is 2. The van der Waals surface area contributed by atoms with E-state index in [0.717, 1.165) is 17.8 Å². The zero-order valence-electron chi connectivity index (χ0n) is 29.1. The lowest BCUT2D eigenvalue weighted by Crippen LogP contribution is -2.30. The molecule has 6 aromatic rings. The summed E-state index contributed by atoms with van der Waals surface area (Å²) in [7, 11) is 0. The topological polar surface area (TPSA) is 6.48 Å². The van der Waals surface area contributed by atoms with Gasteiger partial charge in [0.15, 0.2) is 0 Å². The molecule has 0 amide bonds. The average Bonchev–Trinajstić information content (AvgIpc) is 3.11. The molecular formula is C46H46N2. The Hall–Kier alpha value is -5.08. The third kappa shape index (κ3) is 5.92. The van der Waals surface area contributed by atoms with Gasteiger partial charge in [-0.3, -0.25) is 0 Å². The van der Waals surface area contributed by atoms with Gasteiger partial charge in [0.25, 0.3) is 0 Å². The van der Waals surface area contributed by atoms with E-state index in [9.17, 15) is 0 Å². The van der Waals surface area contributed by atoms with E-state index in [0.29, 0.717) is 11.8 Å². The zero-order chi connectivity index (χ0) is 33.4. The number of rotatable bonds is 8. The smallest absolute Gasteiger partial charge is 0.0620 e. The molecule has 0 fully saturated rings. The van der Waals surface area contributed by atoms with Crippen LogP contribution < -0.4 is 9.80 Å². The zero-order valence-corrected chi connectivity index (χ0v) is 29.1. The molecule has 240 valence electrons. The predicted molar refractivity (Wildman–Crippen MR) is 209 cm³/mol. The Morgan fingerprint density at radius 2 is 1.06 bits per heavy atom. The summed E-state index contributed by atoms with van der Waals surface area (Å²) in [5, 5.41) is 5.05. The summed E-state index contributed by atoms with van der Waals surface area (Å²) >= 11 is 0. The third-order valence-corrected chi connectivity index (χ3v) is 9.84. The van der Waals surface area contributed by atoms with E-state index < -0.39 is 0 Å². The molecule has 2 heteroatoms. The van der Waals surface area contributed by atoms with Crippen LogP contribution in [0.1, 0.15) is 69.6 Å². The second-order valence-electron chi connectivity index (χ2n) is 13.9. The van der Waals surface area contributed by atoms with Crippen LogP contribution in [0.15, 0.2) is 145 Å². The van der Waals surface area contributed by atoms with Crippen LogP contribution in [-0.2, 0) is 0 Å². The van der Waals surface area contributed by atoms with Crippen LogP contribution in [0.3, 0.4) is 0 Å². The maximum atomic E-state index is 2.60. The van der Waals surface area contributed by atoms with Gasteiger partial charge in [-0.15, -0.1) is 0 Å². The monoisotopic (exact) mass is 626 g/mol. The lowest BCUT2D eigenvalue weighted by Gasteiger charge is -2.37. The Morgan fingerprint density at radius 3 is 1.60 bits per heavy atom. The van der Waals surface area contributed by atoms with Gasteiger partial charge in [0.1, 0.15) is 0 Å². The van der Waals surface area contributed by atoms with Crippen LogP contribution in [0, 0.1) is 6.92 Å². The highest BCUT2D eigenvalue weighted by molar-refractivity contribution is 6.22. The average molecular weight is 627 g/mol. The normalized spacial score (nSPS) is 14.6. The first kappa shape index (κ1) is 31.5. The Bertz CT molecular complexity index is 2120. The Morgan fingerprint density at radius 1 is 0.542 bits per heavy atom. The number of hydrogen-bond acceptors (Lipinski definition) is 2. The lowest BCUT2D eigenvalue weighted by atomic mass is 9.89. The van der Waals surface area contributed by atoms with Gasteiger partial charge >= 0.3 is 0 Å². The van der Waals surface area contributed by atoms with Crippen molar-refractivity contribution in [3.63, 3.8) is 0 Å². The van der Waals surface area contributed by atoms with Gasteiger partial charge in [-0.1, -0.05) is 130 Å². The number of nitrogens with zero attached hydrogens (tertiary/aromatic N) is 2. The van der Waals surface area contributed by atoms with Crippen LogP contribution in [0.2, 0.25) is 0 Å². The predicted octanol–water partition coefficient (Wildman–Crippen LogP) is 13.4. The molecule has 0 bridgehead atoms. The molecule has 0 aliphatic heterocycles. The third-order valence-electron chi connectivity index (χ3n) is 9.84. The fraction of sp³-hybridized carbons (Fsp3) is 0.217. The summed E-state index contributed by atoms with van der Waals surface area (Å²) in [6.45, 7) is 13.5. The summed E-state index contributed by atoms with van der Waals surface area (Å²) in [4.78, 5) is 5.08. The minimum absolute atomic E-state index is 0.183. The van der Waals surface area contributed by atoms with Gasteiger partial charge in [0.05, 0.1) is 17.4 Å². The molecule has 0 aromatic heterocycles. The quantitative estimate of drug-likeness (QED) is 0.122. The molecule has 0 N–H and O–H groups in total. The Kier molecular flexibility index (Phi) is 8.67. The van der Waals surface area contributed by atoms with Crippen LogP contribution in [0.4, 0.5) is 28.4 Å². The van der Waals surface area contributed by atoms with E-state index >= 15 is 0 Å². The fourth-order valence-electron chi connectivity index (χ4n) is 7.10. The standard InChI is InChI=1S/C46H46N2/c1-31(2)35-21-27-41-43(29-35)45(47(37-13-9-7-10-14-37)39-23-17-33(5)18-24-39)42-28-22-36(32(3)4)30-44(42)46(41)48(38-15-11-8-12-16-38)40-25-19-34(6)20-26-40/h7-25,27-32,40H,26H2,1-6H3. The molecule has 1 unspecified atom stereocenters. The number of anilines is 5. The highest BCUT2D eigenvalue weighted by Crippen LogP contribution is 2.51. The lowest BCUT2D eigenvalue weighted by molar-refractivity contribution is 0.783. The maximum Gasteiger partial charge on any atom is 0.0620 e. The summed E-state index contributed by atoms with van der Waals surface area (Å²) in [5.41, 5.74) is 11.3. The van der Waals surface area contributed by atoms with Crippen molar-refractivity contribution in [2.45, 2.75) is 65.8 Å². The van der Waals surface area contributed by atoms with Crippen LogP contribution in [-0.4, -0.2) is 6.04 Å². The molecule has 1 aliphatic carbocycles. The molecule has 7 rings (SSSR count). The molecule has 0 heterocycles. The number of aryl methyl sites for hydroxylation is 1. The first-order valence-corrected chi connectivity index (χ1v) is 17.4. The summed E-state index contributed by atoms with van der Waals surface area (Å²) in [6.07, 6.45) is 8.01. The van der Waals surface area contributed by atoms with Crippen molar-refractivity contribution in [2.75, 3.05) is 9.80 Å². The minimum Gasteiger partial charge on any atom is -0.333 e. The molecule has 2 nitrogen and oxygen atoms in total.